The number of benzene rings is 1. The minimum atomic E-state index is 0.537. The lowest BCUT2D eigenvalue weighted by Gasteiger charge is -2.06. The number of hydrogen-bond donors (Lipinski definition) is 2. The first-order valence-electron chi connectivity index (χ1n) is 6.59. The molecule has 1 aromatic carbocycles. The van der Waals surface area contributed by atoms with Gasteiger partial charge in [0.2, 0.25) is 5.95 Å². The van der Waals surface area contributed by atoms with Crippen LogP contribution in [0.4, 0.5) is 11.6 Å². The number of pyridine rings is 1. The first kappa shape index (κ1) is 11.8. The van der Waals surface area contributed by atoms with Crippen molar-refractivity contribution in [1.82, 2.24) is 24.9 Å². The first-order chi connectivity index (χ1) is 10.3. The number of aromatic nitrogens is 5. The molecule has 0 atom stereocenters. The Morgan fingerprint density at radius 1 is 1.10 bits per heavy atom. The molecule has 0 spiro atoms. The van der Waals surface area contributed by atoms with Crippen LogP contribution in [0.25, 0.3) is 22.1 Å². The molecule has 6 nitrogen and oxygen atoms in total. The van der Waals surface area contributed by atoms with Crippen molar-refractivity contribution in [2.75, 3.05) is 5.32 Å². The second-order valence-corrected chi connectivity index (χ2v) is 4.77. The van der Waals surface area contributed by atoms with Gasteiger partial charge in [0.25, 0.3) is 0 Å². The van der Waals surface area contributed by atoms with Gasteiger partial charge in [-0.15, -0.1) is 0 Å². The Bertz CT molecular complexity index is 943. The lowest BCUT2D eigenvalue weighted by atomic mass is 10.2. The largest absolute Gasteiger partial charge is 0.342 e. The minimum absolute atomic E-state index is 0.537. The predicted molar refractivity (Wildman–Crippen MR) is 81.4 cm³/mol. The van der Waals surface area contributed by atoms with Crippen molar-refractivity contribution >= 4 is 33.7 Å². The number of fused-ring (bicyclic) bond motifs is 2. The number of nitrogens with zero attached hydrogens (tertiary/aromatic N) is 4. The van der Waals surface area contributed by atoms with Crippen LogP contribution in [0, 0.1) is 6.92 Å². The van der Waals surface area contributed by atoms with Gasteiger partial charge in [-0.1, -0.05) is 6.07 Å². The lowest BCUT2D eigenvalue weighted by Crippen LogP contribution is -1.99. The van der Waals surface area contributed by atoms with E-state index in [0.717, 1.165) is 27.8 Å². The summed E-state index contributed by atoms with van der Waals surface area (Å²) in [5.41, 5.74) is 4.27. The molecule has 0 saturated carbocycles. The Labute approximate surface area is 120 Å². The van der Waals surface area contributed by atoms with E-state index in [0.29, 0.717) is 11.6 Å². The molecule has 4 rings (SSSR count). The SMILES string of the molecule is Cc1nc(Nc2ccc3ncccc3c2)nc2nc[nH]c12. The van der Waals surface area contributed by atoms with Crippen LogP contribution in [0.15, 0.2) is 42.9 Å². The molecule has 0 amide bonds. The van der Waals surface area contributed by atoms with E-state index in [-0.39, 0.29) is 0 Å². The molecule has 3 heterocycles. The summed E-state index contributed by atoms with van der Waals surface area (Å²) in [6.45, 7) is 1.93. The number of rotatable bonds is 2. The monoisotopic (exact) mass is 276 g/mol. The fourth-order valence-electron chi connectivity index (χ4n) is 2.32. The van der Waals surface area contributed by atoms with Gasteiger partial charge in [0.1, 0.15) is 5.52 Å². The van der Waals surface area contributed by atoms with E-state index in [1.54, 1.807) is 12.5 Å². The van der Waals surface area contributed by atoms with Gasteiger partial charge in [-0.3, -0.25) is 4.98 Å². The number of imidazole rings is 1. The lowest BCUT2D eigenvalue weighted by molar-refractivity contribution is 1.14. The number of anilines is 2. The smallest absolute Gasteiger partial charge is 0.229 e. The normalized spacial score (nSPS) is 11.1. The average molecular weight is 276 g/mol. The third-order valence-electron chi connectivity index (χ3n) is 3.33. The van der Waals surface area contributed by atoms with Gasteiger partial charge in [0.05, 0.1) is 17.5 Å². The number of aromatic amines is 1. The van der Waals surface area contributed by atoms with Gasteiger partial charge in [0, 0.05) is 17.3 Å². The van der Waals surface area contributed by atoms with Gasteiger partial charge in [-0.05, 0) is 31.2 Å². The minimum Gasteiger partial charge on any atom is -0.342 e. The topological polar surface area (TPSA) is 79.4 Å². The predicted octanol–water partition coefficient (Wildman–Crippen LogP) is 2.95. The molecule has 21 heavy (non-hydrogen) atoms. The number of nitrogens with one attached hydrogen (secondary N) is 2. The maximum atomic E-state index is 4.44. The maximum absolute atomic E-state index is 4.44. The number of aryl methyl sites for hydroxylation is 1. The summed E-state index contributed by atoms with van der Waals surface area (Å²) in [6.07, 6.45) is 3.41. The Kier molecular flexibility index (Phi) is 2.53. The fraction of sp³-hybridized carbons (Fsp3) is 0.0667. The summed E-state index contributed by atoms with van der Waals surface area (Å²) in [7, 11) is 0. The Morgan fingerprint density at radius 3 is 3.00 bits per heavy atom. The van der Waals surface area contributed by atoms with Crippen molar-refractivity contribution in [2.24, 2.45) is 0 Å². The second-order valence-electron chi connectivity index (χ2n) is 4.77. The van der Waals surface area contributed by atoms with E-state index in [1.807, 2.05) is 37.3 Å². The summed E-state index contributed by atoms with van der Waals surface area (Å²) >= 11 is 0. The fourth-order valence-corrected chi connectivity index (χ4v) is 2.32. The Morgan fingerprint density at radius 2 is 2.05 bits per heavy atom. The van der Waals surface area contributed by atoms with Crippen LogP contribution < -0.4 is 5.32 Å². The van der Waals surface area contributed by atoms with Crippen LogP contribution in [0.5, 0.6) is 0 Å². The molecule has 0 aliphatic heterocycles. The number of H-pyrrole nitrogens is 1. The summed E-state index contributed by atoms with van der Waals surface area (Å²) in [5.74, 6) is 0.537. The van der Waals surface area contributed by atoms with Gasteiger partial charge < -0.3 is 10.3 Å². The third kappa shape index (κ3) is 2.06. The molecule has 0 saturated heterocycles. The highest BCUT2D eigenvalue weighted by Crippen LogP contribution is 2.20. The van der Waals surface area contributed by atoms with E-state index < -0.39 is 0 Å². The highest BCUT2D eigenvalue weighted by molar-refractivity contribution is 5.83. The van der Waals surface area contributed by atoms with Crippen LogP contribution in [0.2, 0.25) is 0 Å². The summed E-state index contributed by atoms with van der Waals surface area (Å²) in [5, 5.41) is 4.28. The Balaban J connectivity index is 1.75. The summed E-state index contributed by atoms with van der Waals surface area (Å²) in [6, 6.07) is 9.90. The Hall–Kier alpha value is -3.02. The van der Waals surface area contributed by atoms with Crippen molar-refractivity contribution in [3.8, 4) is 0 Å². The van der Waals surface area contributed by atoms with Gasteiger partial charge in [-0.25, -0.2) is 9.97 Å². The van der Waals surface area contributed by atoms with Crippen LogP contribution >= 0.6 is 0 Å². The highest BCUT2D eigenvalue weighted by Gasteiger charge is 2.07. The van der Waals surface area contributed by atoms with Crippen molar-refractivity contribution < 1.29 is 0 Å². The molecular weight excluding hydrogens is 264 g/mol. The zero-order valence-corrected chi connectivity index (χ0v) is 11.3. The van der Waals surface area contributed by atoms with E-state index in [1.165, 1.54) is 0 Å². The van der Waals surface area contributed by atoms with Crippen molar-refractivity contribution in [3.63, 3.8) is 0 Å². The first-order valence-corrected chi connectivity index (χ1v) is 6.59. The summed E-state index contributed by atoms with van der Waals surface area (Å²) < 4.78 is 0. The molecule has 4 aromatic rings. The molecule has 0 aliphatic carbocycles. The van der Waals surface area contributed by atoms with E-state index >= 15 is 0 Å². The molecule has 3 aromatic heterocycles. The number of hydrogen-bond acceptors (Lipinski definition) is 5. The van der Waals surface area contributed by atoms with Crippen molar-refractivity contribution in [2.45, 2.75) is 6.92 Å². The van der Waals surface area contributed by atoms with Crippen molar-refractivity contribution in [3.05, 3.63) is 48.5 Å². The molecule has 0 unspecified atom stereocenters. The molecule has 2 N–H and O–H groups in total. The van der Waals surface area contributed by atoms with Crippen LogP contribution in [-0.4, -0.2) is 24.9 Å². The standard InChI is InChI=1S/C15H12N6/c1-9-13-14(18-8-17-13)21-15(19-9)20-11-4-5-12-10(7-11)3-2-6-16-12/h2-8H,1H3,(H2,17,18,19,20,21). The zero-order chi connectivity index (χ0) is 14.2. The van der Waals surface area contributed by atoms with Crippen LogP contribution in [-0.2, 0) is 0 Å². The quantitative estimate of drug-likeness (QED) is 0.588. The molecular formula is C15H12N6. The molecule has 0 radical (unpaired) electrons. The van der Waals surface area contributed by atoms with Gasteiger partial charge in [0.15, 0.2) is 5.65 Å². The van der Waals surface area contributed by atoms with Crippen LogP contribution in [0.1, 0.15) is 5.69 Å². The average Bonchev–Trinajstić information content (AvgIpc) is 2.96. The van der Waals surface area contributed by atoms with Crippen LogP contribution in [0.3, 0.4) is 0 Å². The molecule has 6 heteroatoms. The van der Waals surface area contributed by atoms with E-state index in [2.05, 4.69) is 30.2 Å². The molecule has 0 aliphatic rings. The molecule has 0 fully saturated rings. The third-order valence-corrected chi connectivity index (χ3v) is 3.33. The van der Waals surface area contributed by atoms with E-state index in [9.17, 15) is 0 Å². The van der Waals surface area contributed by atoms with Crippen molar-refractivity contribution in [1.29, 1.82) is 0 Å². The highest BCUT2D eigenvalue weighted by atomic mass is 15.1. The van der Waals surface area contributed by atoms with Gasteiger partial charge in [-0.2, -0.15) is 4.98 Å². The summed E-state index contributed by atoms with van der Waals surface area (Å²) in [4.78, 5) is 20.3. The molecule has 102 valence electrons. The second kappa shape index (κ2) is 4.52. The maximum Gasteiger partial charge on any atom is 0.229 e. The van der Waals surface area contributed by atoms with E-state index in [4.69, 9.17) is 0 Å². The molecule has 0 bridgehead atoms. The van der Waals surface area contributed by atoms with Gasteiger partial charge >= 0.3 is 0 Å². The zero-order valence-electron chi connectivity index (χ0n) is 11.3.